The average Bonchev–Trinajstić information content (AvgIpc) is 3.55. The fourth-order valence-corrected chi connectivity index (χ4v) is 4.23. The number of nitrogens with one attached hydrogen (secondary N) is 1. The Balaban J connectivity index is 1.41. The Labute approximate surface area is 191 Å². The van der Waals surface area contributed by atoms with Gasteiger partial charge in [-0.3, -0.25) is 10.3 Å². The zero-order valence-electron chi connectivity index (χ0n) is 17.9. The van der Waals surface area contributed by atoms with Crippen LogP contribution in [0.4, 0.5) is 0 Å². The summed E-state index contributed by atoms with van der Waals surface area (Å²) in [6, 6.07) is 13.1. The summed E-state index contributed by atoms with van der Waals surface area (Å²) in [5.74, 6) is 2.23. The average molecular weight is 454 g/mol. The molecule has 1 fully saturated rings. The van der Waals surface area contributed by atoms with Crippen LogP contribution in [0.5, 0.6) is 11.5 Å². The molecule has 0 radical (unpaired) electrons. The second kappa shape index (κ2) is 8.48. The van der Waals surface area contributed by atoms with E-state index in [1.54, 1.807) is 19.2 Å². The van der Waals surface area contributed by atoms with Crippen LogP contribution >= 0.6 is 11.6 Å². The quantitative estimate of drug-likeness (QED) is 0.527. The second-order valence-electron chi connectivity index (χ2n) is 8.19. The highest BCUT2D eigenvalue weighted by molar-refractivity contribution is 6.30. The molecule has 1 N–H and O–H groups in total. The standard InChI is InChI=1S/C24H24ClN3O4/c1-24(23-26-22(28-31-23)16-6-5-7-17(25)12-16)14-19(27-32-24)15-10-11-20(29-2)21(13-15)30-18-8-3-4-9-18/h5-7,10-14,18,27H,3-4,8-9H2,1-2H3. The second-order valence-corrected chi connectivity index (χ2v) is 8.63. The molecule has 32 heavy (non-hydrogen) atoms. The minimum absolute atomic E-state index is 0.231. The summed E-state index contributed by atoms with van der Waals surface area (Å²) >= 11 is 6.08. The van der Waals surface area contributed by atoms with E-state index in [0.717, 1.165) is 35.4 Å². The van der Waals surface area contributed by atoms with Gasteiger partial charge in [-0.05, 0) is 69.0 Å². The number of halogens is 1. The van der Waals surface area contributed by atoms with Crippen LogP contribution < -0.4 is 15.0 Å². The number of hydrogen-bond acceptors (Lipinski definition) is 7. The van der Waals surface area contributed by atoms with Crippen LogP contribution in [-0.4, -0.2) is 23.4 Å². The first kappa shape index (κ1) is 20.8. The topological polar surface area (TPSA) is 78.6 Å². The number of benzene rings is 2. The number of hydrogen-bond donors (Lipinski definition) is 1. The zero-order valence-corrected chi connectivity index (χ0v) is 18.7. The highest BCUT2D eigenvalue weighted by Crippen LogP contribution is 2.38. The van der Waals surface area contributed by atoms with Crippen molar-refractivity contribution in [2.45, 2.75) is 44.3 Å². The molecule has 1 atom stereocenters. The summed E-state index contributed by atoms with van der Waals surface area (Å²) in [7, 11) is 1.65. The van der Waals surface area contributed by atoms with Crippen molar-refractivity contribution < 1.29 is 18.8 Å². The van der Waals surface area contributed by atoms with Gasteiger partial charge in [0.15, 0.2) is 17.1 Å². The van der Waals surface area contributed by atoms with Gasteiger partial charge in [0.1, 0.15) is 0 Å². The van der Waals surface area contributed by atoms with Gasteiger partial charge in [0.2, 0.25) is 5.82 Å². The van der Waals surface area contributed by atoms with E-state index in [4.69, 9.17) is 30.4 Å². The SMILES string of the molecule is COc1ccc(C2=CC(C)(c3nc(-c4cccc(Cl)c4)no3)ON2)cc1OC1CCCC1. The van der Waals surface area contributed by atoms with Crippen molar-refractivity contribution >= 4 is 17.3 Å². The van der Waals surface area contributed by atoms with Crippen LogP contribution in [0.1, 0.15) is 44.1 Å². The van der Waals surface area contributed by atoms with E-state index in [1.165, 1.54) is 12.8 Å². The monoisotopic (exact) mass is 453 g/mol. The Kier molecular flexibility index (Phi) is 5.53. The maximum absolute atomic E-state index is 6.22. The van der Waals surface area contributed by atoms with Gasteiger partial charge in [-0.1, -0.05) is 28.9 Å². The predicted octanol–water partition coefficient (Wildman–Crippen LogP) is 5.51. The molecule has 0 bridgehead atoms. The van der Waals surface area contributed by atoms with E-state index in [9.17, 15) is 0 Å². The van der Waals surface area contributed by atoms with Gasteiger partial charge in [0.05, 0.1) is 18.9 Å². The number of methoxy groups -OCH3 is 1. The third kappa shape index (κ3) is 4.06. The first-order valence-corrected chi connectivity index (χ1v) is 11.0. The van der Waals surface area contributed by atoms with Crippen LogP contribution in [0, 0.1) is 0 Å². The number of rotatable bonds is 6. The molecule has 166 valence electrons. The van der Waals surface area contributed by atoms with E-state index >= 15 is 0 Å². The maximum atomic E-state index is 6.22. The van der Waals surface area contributed by atoms with E-state index in [2.05, 4.69) is 15.6 Å². The molecule has 7 nitrogen and oxygen atoms in total. The van der Waals surface area contributed by atoms with Gasteiger partial charge in [-0.25, -0.2) is 0 Å². The van der Waals surface area contributed by atoms with E-state index in [-0.39, 0.29) is 6.10 Å². The summed E-state index contributed by atoms with van der Waals surface area (Å²) in [6.07, 6.45) is 6.70. The van der Waals surface area contributed by atoms with Crippen LogP contribution in [0.25, 0.3) is 17.1 Å². The minimum atomic E-state index is -0.925. The number of ether oxygens (including phenoxy) is 2. The van der Waals surface area contributed by atoms with Crippen molar-refractivity contribution in [2.24, 2.45) is 0 Å². The Morgan fingerprint density at radius 1 is 1.09 bits per heavy atom. The number of aromatic nitrogens is 2. The first-order valence-electron chi connectivity index (χ1n) is 10.7. The molecule has 5 rings (SSSR count). The molecular weight excluding hydrogens is 430 g/mol. The van der Waals surface area contributed by atoms with Gasteiger partial charge in [0.25, 0.3) is 5.89 Å². The van der Waals surface area contributed by atoms with Crippen molar-refractivity contribution in [3.8, 4) is 22.9 Å². The smallest absolute Gasteiger partial charge is 0.265 e. The van der Waals surface area contributed by atoms with E-state index in [1.807, 2.05) is 43.3 Å². The molecule has 0 amide bonds. The molecular formula is C24H24ClN3O4. The van der Waals surface area contributed by atoms with Gasteiger partial charge >= 0.3 is 0 Å². The maximum Gasteiger partial charge on any atom is 0.265 e. The lowest BCUT2D eigenvalue weighted by Gasteiger charge is -2.17. The van der Waals surface area contributed by atoms with Crippen molar-refractivity contribution in [3.63, 3.8) is 0 Å². The Bertz CT molecular complexity index is 1160. The minimum Gasteiger partial charge on any atom is -0.493 e. The van der Waals surface area contributed by atoms with Crippen molar-refractivity contribution in [1.82, 2.24) is 15.6 Å². The Hall–Kier alpha value is -3.03. The van der Waals surface area contributed by atoms with Crippen molar-refractivity contribution in [2.75, 3.05) is 7.11 Å². The van der Waals surface area contributed by atoms with Gasteiger partial charge in [-0.2, -0.15) is 4.98 Å². The van der Waals surface area contributed by atoms with Gasteiger partial charge in [-0.15, -0.1) is 0 Å². The van der Waals surface area contributed by atoms with Crippen molar-refractivity contribution in [3.05, 3.63) is 65.0 Å². The molecule has 1 aromatic heterocycles. The highest BCUT2D eigenvalue weighted by Gasteiger charge is 2.38. The molecule has 1 aliphatic heterocycles. The Morgan fingerprint density at radius 2 is 1.94 bits per heavy atom. The molecule has 8 heteroatoms. The lowest BCUT2D eigenvalue weighted by molar-refractivity contribution is -0.0445. The van der Waals surface area contributed by atoms with Crippen LogP contribution in [0.2, 0.25) is 5.02 Å². The predicted molar refractivity (Wildman–Crippen MR) is 120 cm³/mol. The summed E-state index contributed by atoms with van der Waals surface area (Å²) in [5, 5.41) is 4.70. The number of nitrogens with zero attached hydrogens (tertiary/aromatic N) is 2. The largest absolute Gasteiger partial charge is 0.493 e. The van der Waals surface area contributed by atoms with Crippen LogP contribution in [0.15, 0.2) is 53.1 Å². The normalized spacial score (nSPS) is 20.8. The van der Waals surface area contributed by atoms with Gasteiger partial charge < -0.3 is 14.0 Å². The lowest BCUT2D eigenvalue weighted by atomic mass is 10.0. The molecule has 2 aromatic carbocycles. The van der Waals surface area contributed by atoms with Crippen LogP contribution in [0.3, 0.4) is 0 Å². The zero-order chi connectivity index (χ0) is 22.1. The third-order valence-electron chi connectivity index (χ3n) is 5.80. The van der Waals surface area contributed by atoms with E-state index < -0.39 is 5.60 Å². The summed E-state index contributed by atoms with van der Waals surface area (Å²) < 4.78 is 17.2. The summed E-state index contributed by atoms with van der Waals surface area (Å²) in [6.45, 7) is 1.86. The first-order chi connectivity index (χ1) is 15.5. The molecule has 2 heterocycles. The molecule has 3 aromatic rings. The fraction of sp³-hybridized carbons (Fsp3) is 0.333. The molecule has 0 spiro atoms. The molecule has 2 aliphatic rings. The van der Waals surface area contributed by atoms with Crippen molar-refractivity contribution in [1.29, 1.82) is 0 Å². The third-order valence-corrected chi connectivity index (χ3v) is 6.03. The summed E-state index contributed by atoms with van der Waals surface area (Å²) in [5.41, 5.74) is 4.54. The van der Waals surface area contributed by atoms with E-state index in [0.29, 0.717) is 22.5 Å². The highest BCUT2D eigenvalue weighted by atomic mass is 35.5. The Morgan fingerprint density at radius 3 is 2.72 bits per heavy atom. The van der Waals surface area contributed by atoms with Crippen LogP contribution in [-0.2, 0) is 10.4 Å². The lowest BCUT2D eigenvalue weighted by Crippen LogP contribution is -2.23. The molecule has 0 saturated heterocycles. The molecule has 1 unspecified atom stereocenters. The van der Waals surface area contributed by atoms with Gasteiger partial charge in [0, 0.05) is 16.1 Å². The molecule has 1 aliphatic carbocycles. The number of hydroxylamine groups is 1. The molecule has 1 saturated carbocycles. The summed E-state index contributed by atoms with van der Waals surface area (Å²) in [4.78, 5) is 10.4. The fourth-order valence-electron chi connectivity index (χ4n) is 4.04.